The summed E-state index contributed by atoms with van der Waals surface area (Å²) < 4.78 is 0. The summed E-state index contributed by atoms with van der Waals surface area (Å²) in [6.07, 6.45) is 1.58. The number of carbonyl (C=O) groups excluding carboxylic acids is 2. The molecule has 0 N–H and O–H groups in total. The van der Waals surface area contributed by atoms with Crippen LogP contribution >= 0.6 is 23.4 Å². The van der Waals surface area contributed by atoms with Crippen LogP contribution in [0.15, 0.2) is 18.2 Å². The van der Waals surface area contributed by atoms with E-state index >= 15 is 0 Å². The molecule has 3 heterocycles. The third-order valence-electron chi connectivity index (χ3n) is 4.06. The molecular weight excluding hydrogens is 322 g/mol. The van der Waals surface area contributed by atoms with E-state index in [9.17, 15) is 9.59 Å². The molecule has 0 aliphatic carbocycles. The average molecular weight is 340 g/mol. The minimum atomic E-state index is -0.351. The first kappa shape index (κ1) is 15.6. The molecule has 0 aromatic carbocycles. The molecule has 2 fully saturated rings. The molecule has 1 atom stereocenters. The molecule has 2 saturated heterocycles. The summed E-state index contributed by atoms with van der Waals surface area (Å²) in [5.41, 5.74) is 0.307. The molecule has 5 nitrogen and oxygen atoms in total. The molecule has 0 saturated carbocycles. The van der Waals surface area contributed by atoms with Crippen molar-refractivity contribution in [1.82, 2.24) is 14.8 Å². The highest BCUT2D eigenvalue weighted by molar-refractivity contribution is 7.99. The number of hydrogen-bond donors (Lipinski definition) is 0. The van der Waals surface area contributed by atoms with Crippen molar-refractivity contribution in [3.63, 3.8) is 0 Å². The zero-order valence-electron chi connectivity index (χ0n) is 12.2. The van der Waals surface area contributed by atoms with Crippen molar-refractivity contribution in [3.8, 4) is 0 Å². The number of carbonyl (C=O) groups is 2. The molecule has 3 rings (SSSR count). The predicted molar refractivity (Wildman–Crippen MR) is 87.2 cm³/mol. The third kappa shape index (κ3) is 3.22. The zero-order chi connectivity index (χ0) is 15.5. The number of aromatic nitrogens is 1. The number of pyridine rings is 1. The van der Waals surface area contributed by atoms with Crippen LogP contribution < -0.4 is 0 Å². The summed E-state index contributed by atoms with van der Waals surface area (Å²) in [6.45, 7) is 2.15. The van der Waals surface area contributed by atoms with Crippen LogP contribution in [0.25, 0.3) is 0 Å². The summed E-state index contributed by atoms with van der Waals surface area (Å²) in [7, 11) is 0. The van der Waals surface area contributed by atoms with Gasteiger partial charge in [0.1, 0.15) is 16.9 Å². The van der Waals surface area contributed by atoms with Gasteiger partial charge in [0, 0.05) is 31.1 Å². The highest BCUT2D eigenvalue weighted by Crippen LogP contribution is 2.23. The molecule has 0 bridgehead atoms. The second-order valence-electron chi connectivity index (χ2n) is 5.44. The van der Waals surface area contributed by atoms with Gasteiger partial charge in [-0.1, -0.05) is 17.7 Å². The number of amides is 2. The molecule has 0 radical (unpaired) electrons. The minimum absolute atomic E-state index is 0.0770. The Balaban J connectivity index is 1.75. The lowest BCUT2D eigenvalue weighted by molar-refractivity contribution is -0.134. The van der Waals surface area contributed by atoms with Crippen LogP contribution in [0.1, 0.15) is 23.3 Å². The van der Waals surface area contributed by atoms with Gasteiger partial charge >= 0.3 is 0 Å². The van der Waals surface area contributed by atoms with Crippen molar-refractivity contribution in [2.24, 2.45) is 0 Å². The second kappa shape index (κ2) is 6.87. The normalized spacial score (nSPS) is 22.0. The Hall–Kier alpha value is -1.27. The largest absolute Gasteiger partial charge is 0.339 e. The number of halogens is 1. The molecule has 0 spiro atoms. The van der Waals surface area contributed by atoms with Crippen LogP contribution in [0.4, 0.5) is 0 Å². The van der Waals surface area contributed by atoms with Gasteiger partial charge in [-0.3, -0.25) is 9.59 Å². The summed E-state index contributed by atoms with van der Waals surface area (Å²) in [5, 5.41) is 0.293. The van der Waals surface area contributed by atoms with Crippen molar-refractivity contribution in [2.45, 2.75) is 18.9 Å². The van der Waals surface area contributed by atoms with Gasteiger partial charge in [-0.2, -0.15) is 11.8 Å². The lowest BCUT2D eigenvalue weighted by atomic mass is 10.1. The smallest absolute Gasteiger partial charge is 0.273 e. The maximum absolute atomic E-state index is 12.7. The van der Waals surface area contributed by atoms with Crippen molar-refractivity contribution in [2.75, 3.05) is 31.1 Å². The van der Waals surface area contributed by atoms with E-state index in [1.165, 1.54) is 0 Å². The van der Waals surface area contributed by atoms with Gasteiger partial charge in [0.25, 0.3) is 5.91 Å². The standard InChI is InChI=1S/C15H18ClN3O2S/c16-13-5-1-3-11(17-13)14(20)19-6-2-4-12(19)15(21)18-7-9-22-10-8-18/h1,3,5,12H,2,4,6-10H2. The molecule has 1 aromatic heterocycles. The molecule has 2 aliphatic heterocycles. The van der Waals surface area contributed by atoms with Crippen molar-refractivity contribution in [3.05, 3.63) is 29.0 Å². The number of likely N-dealkylation sites (tertiary alicyclic amines) is 1. The topological polar surface area (TPSA) is 53.5 Å². The van der Waals surface area contributed by atoms with Crippen LogP contribution in [-0.2, 0) is 4.79 Å². The molecular formula is C15H18ClN3O2S. The van der Waals surface area contributed by atoms with E-state index in [0.717, 1.165) is 37.4 Å². The highest BCUT2D eigenvalue weighted by Gasteiger charge is 2.37. The molecule has 7 heteroatoms. The van der Waals surface area contributed by atoms with Gasteiger partial charge in [-0.15, -0.1) is 0 Å². The summed E-state index contributed by atoms with van der Waals surface area (Å²) in [4.78, 5) is 32.9. The maximum atomic E-state index is 12.7. The zero-order valence-corrected chi connectivity index (χ0v) is 13.8. The Morgan fingerprint density at radius 2 is 2.00 bits per heavy atom. The monoisotopic (exact) mass is 339 g/mol. The van der Waals surface area contributed by atoms with Crippen molar-refractivity contribution < 1.29 is 9.59 Å². The maximum Gasteiger partial charge on any atom is 0.273 e. The van der Waals surface area contributed by atoms with Gasteiger partial charge in [-0.05, 0) is 25.0 Å². The molecule has 2 aliphatic rings. The quantitative estimate of drug-likeness (QED) is 0.772. The van der Waals surface area contributed by atoms with E-state index in [1.807, 2.05) is 16.7 Å². The van der Waals surface area contributed by atoms with Gasteiger partial charge in [-0.25, -0.2) is 4.98 Å². The summed E-state index contributed by atoms with van der Waals surface area (Å²) in [6, 6.07) is 4.63. The first-order valence-corrected chi connectivity index (χ1v) is 9.00. The van der Waals surface area contributed by atoms with E-state index in [2.05, 4.69) is 4.98 Å². The number of rotatable bonds is 2. The highest BCUT2D eigenvalue weighted by atomic mass is 35.5. The fourth-order valence-corrected chi connectivity index (χ4v) is 4.00. The molecule has 1 aromatic rings. The van der Waals surface area contributed by atoms with Crippen LogP contribution in [0.3, 0.4) is 0 Å². The van der Waals surface area contributed by atoms with E-state index < -0.39 is 0 Å². The molecule has 1 unspecified atom stereocenters. The Kier molecular flexibility index (Phi) is 4.88. The summed E-state index contributed by atoms with van der Waals surface area (Å²) in [5.74, 6) is 1.82. The fraction of sp³-hybridized carbons (Fsp3) is 0.533. The van der Waals surface area contributed by atoms with Crippen LogP contribution in [0.2, 0.25) is 5.15 Å². The van der Waals surface area contributed by atoms with Crippen molar-refractivity contribution >= 4 is 35.2 Å². The Labute approximate surface area is 139 Å². The van der Waals surface area contributed by atoms with E-state index in [4.69, 9.17) is 11.6 Å². The Bertz CT molecular complexity index is 578. The van der Waals surface area contributed by atoms with Crippen LogP contribution in [0.5, 0.6) is 0 Å². The van der Waals surface area contributed by atoms with E-state index in [1.54, 1.807) is 23.1 Å². The fourth-order valence-electron chi connectivity index (χ4n) is 2.94. The Morgan fingerprint density at radius 1 is 1.23 bits per heavy atom. The summed E-state index contributed by atoms with van der Waals surface area (Å²) >= 11 is 7.72. The van der Waals surface area contributed by atoms with E-state index in [0.29, 0.717) is 17.4 Å². The minimum Gasteiger partial charge on any atom is -0.339 e. The number of hydrogen-bond acceptors (Lipinski definition) is 4. The number of thioether (sulfide) groups is 1. The van der Waals surface area contributed by atoms with Gasteiger partial charge < -0.3 is 9.80 Å². The SMILES string of the molecule is O=C(C1CCCN1C(=O)c1cccc(Cl)n1)N1CCSCC1. The van der Waals surface area contributed by atoms with E-state index in [-0.39, 0.29) is 17.9 Å². The number of nitrogens with zero attached hydrogens (tertiary/aromatic N) is 3. The molecule has 118 valence electrons. The van der Waals surface area contributed by atoms with Gasteiger partial charge in [0.2, 0.25) is 5.91 Å². The average Bonchev–Trinajstić information content (AvgIpc) is 3.04. The lowest BCUT2D eigenvalue weighted by Gasteiger charge is -2.32. The van der Waals surface area contributed by atoms with Gasteiger partial charge in [0.05, 0.1) is 0 Å². The predicted octanol–water partition coefficient (Wildman–Crippen LogP) is 1.92. The van der Waals surface area contributed by atoms with Crippen LogP contribution in [0, 0.1) is 0 Å². The lowest BCUT2D eigenvalue weighted by Crippen LogP contribution is -2.50. The first-order chi connectivity index (χ1) is 10.7. The first-order valence-electron chi connectivity index (χ1n) is 7.47. The molecule has 2 amide bonds. The third-order valence-corrected chi connectivity index (χ3v) is 5.21. The van der Waals surface area contributed by atoms with Gasteiger partial charge in [0.15, 0.2) is 0 Å². The Morgan fingerprint density at radius 3 is 2.73 bits per heavy atom. The molecule has 22 heavy (non-hydrogen) atoms. The van der Waals surface area contributed by atoms with Crippen molar-refractivity contribution in [1.29, 1.82) is 0 Å². The van der Waals surface area contributed by atoms with Crippen LogP contribution in [-0.4, -0.2) is 63.8 Å². The second-order valence-corrected chi connectivity index (χ2v) is 7.05.